The van der Waals surface area contributed by atoms with E-state index in [0.29, 0.717) is 24.1 Å². The summed E-state index contributed by atoms with van der Waals surface area (Å²) in [5.41, 5.74) is 3.04. The summed E-state index contributed by atoms with van der Waals surface area (Å²) in [6.07, 6.45) is 5.11. The lowest BCUT2D eigenvalue weighted by molar-refractivity contribution is -0.159. The fourth-order valence-corrected chi connectivity index (χ4v) is 4.39. The van der Waals surface area contributed by atoms with Gasteiger partial charge in [0, 0.05) is 29.4 Å². The van der Waals surface area contributed by atoms with E-state index in [2.05, 4.69) is 29.8 Å². The predicted octanol–water partition coefficient (Wildman–Crippen LogP) is 4.86. The largest absolute Gasteiger partial charge is 0.466 e. The number of aromatic nitrogens is 1. The molecule has 0 amide bonds. The summed E-state index contributed by atoms with van der Waals surface area (Å²) >= 11 is 6.03. The molecule has 0 radical (unpaired) electrons. The van der Waals surface area contributed by atoms with Crippen molar-refractivity contribution in [3.8, 4) is 0 Å². The highest BCUT2D eigenvalue weighted by Gasteiger charge is 2.43. The number of piperidine rings is 1. The molecule has 1 fully saturated rings. The summed E-state index contributed by atoms with van der Waals surface area (Å²) in [4.78, 5) is 19.9. The van der Waals surface area contributed by atoms with Crippen LogP contribution >= 0.6 is 11.6 Å². The number of hydrogen-bond acceptors (Lipinski definition) is 4. The summed E-state index contributed by atoms with van der Waals surface area (Å²) in [7, 11) is 0. The van der Waals surface area contributed by atoms with Gasteiger partial charge in [0.05, 0.1) is 12.0 Å². The smallest absolute Gasteiger partial charge is 0.312 e. The average molecular weight is 415 g/mol. The van der Waals surface area contributed by atoms with Gasteiger partial charge in [-0.2, -0.15) is 0 Å². The first-order valence-corrected chi connectivity index (χ1v) is 10.9. The number of hydrogen-bond donors (Lipinski definition) is 0. The highest BCUT2D eigenvalue weighted by molar-refractivity contribution is 6.30. The third-order valence-electron chi connectivity index (χ3n) is 6.02. The first kappa shape index (κ1) is 21.8. The van der Waals surface area contributed by atoms with Gasteiger partial charge in [-0.05, 0) is 88.5 Å². The van der Waals surface area contributed by atoms with Crippen LogP contribution in [0.3, 0.4) is 0 Å². The third-order valence-corrected chi connectivity index (χ3v) is 6.27. The molecule has 5 heteroatoms. The molecular weight excluding hydrogens is 384 g/mol. The van der Waals surface area contributed by atoms with Crippen LogP contribution in [-0.2, 0) is 22.4 Å². The van der Waals surface area contributed by atoms with Crippen LogP contribution in [0.4, 0.5) is 0 Å². The maximum atomic E-state index is 12.9. The van der Waals surface area contributed by atoms with Gasteiger partial charge >= 0.3 is 5.97 Å². The molecule has 156 valence electrons. The number of carbonyl (C=O) groups is 1. The number of benzene rings is 1. The predicted molar refractivity (Wildman–Crippen MR) is 117 cm³/mol. The van der Waals surface area contributed by atoms with Crippen LogP contribution in [0, 0.1) is 12.3 Å². The van der Waals surface area contributed by atoms with Crippen LogP contribution in [0.1, 0.15) is 43.5 Å². The van der Waals surface area contributed by atoms with Crippen LogP contribution in [0.25, 0.3) is 0 Å². The molecule has 0 aliphatic carbocycles. The topological polar surface area (TPSA) is 42.4 Å². The number of likely N-dealkylation sites (tertiary alicyclic amines) is 1. The molecule has 1 unspecified atom stereocenters. The van der Waals surface area contributed by atoms with Gasteiger partial charge in [0.15, 0.2) is 0 Å². The molecule has 1 aromatic carbocycles. The third kappa shape index (κ3) is 5.58. The molecule has 29 heavy (non-hydrogen) atoms. The van der Waals surface area contributed by atoms with E-state index in [1.165, 1.54) is 5.56 Å². The standard InChI is InChI=1S/C24H31ClN2O2/c1-4-29-23(28)24(17-20-5-7-21(25)8-6-20)10-13-27(14-11-24)19(3)16-22-15-18(2)9-12-26-22/h5-9,12,15,19H,4,10-11,13-14,16-17H2,1-3H3. The summed E-state index contributed by atoms with van der Waals surface area (Å²) in [6.45, 7) is 8.42. The zero-order valence-electron chi connectivity index (χ0n) is 17.7. The quantitative estimate of drug-likeness (QED) is 0.606. The summed E-state index contributed by atoms with van der Waals surface area (Å²) in [6, 6.07) is 12.4. The Morgan fingerprint density at radius 3 is 2.55 bits per heavy atom. The number of pyridine rings is 1. The van der Waals surface area contributed by atoms with Crippen molar-refractivity contribution in [2.75, 3.05) is 19.7 Å². The van der Waals surface area contributed by atoms with E-state index in [1.807, 2.05) is 43.5 Å². The van der Waals surface area contributed by atoms with Gasteiger partial charge in [-0.3, -0.25) is 9.78 Å². The Morgan fingerprint density at radius 2 is 1.93 bits per heavy atom. The minimum Gasteiger partial charge on any atom is -0.466 e. The molecule has 1 aliphatic rings. The van der Waals surface area contributed by atoms with E-state index >= 15 is 0 Å². The highest BCUT2D eigenvalue weighted by Crippen LogP contribution is 2.37. The molecule has 2 heterocycles. The zero-order valence-corrected chi connectivity index (χ0v) is 18.4. The van der Waals surface area contributed by atoms with Gasteiger partial charge in [-0.15, -0.1) is 0 Å². The molecule has 1 aliphatic heterocycles. The van der Waals surface area contributed by atoms with Crippen molar-refractivity contribution in [3.63, 3.8) is 0 Å². The number of carbonyl (C=O) groups excluding carboxylic acids is 1. The normalized spacial score (nSPS) is 17.7. The van der Waals surface area contributed by atoms with Crippen LogP contribution in [0.2, 0.25) is 5.02 Å². The Balaban J connectivity index is 1.68. The van der Waals surface area contributed by atoms with E-state index in [1.54, 1.807) is 0 Å². The number of rotatable bonds is 7. The Hall–Kier alpha value is -1.91. The number of halogens is 1. The Labute approximate surface area is 179 Å². The molecule has 4 nitrogen and oxygen atoms in total. The molecule has 2 aromatic rings. The lowest BCUT2D eigenvalue weighted by atomic mass is 9.73. The zero-order chi connectivity index (χ0) is 20.9. The highest BCUT2D eigenvalue weighted by atomic mass is 35.5. The van der Waals surface area contributed by atoms with Gasteiger partial charge < -0.3 is 9.64 Å². The fourth-order valence-electron chi connectivity index (χ4n) is 4.27. The number of esters is 1. The van der Waals surface area contributed by atoms with E-state index in [4.69, 9.17) is 16.3 Å². The number of nitrogens with zero attached hydrogens (tertiary/aromatic N) is 2. The second-order valence-corrected chi connectivity index (χ2v) is 8.65. The number of ether oxygens (including phenoxy) is 1. The molecule has 0 saturated carbocycles. The van der Waals surface area contributed by atoms with Crippen LogP contribution in [0.15, 0.2) is 42.6 Å². The summed E-state index contributed by atoms with van der Waals surface area (Å²) in [5.74, 6) is -0.0670. The van der Waals surface area contributed by atoms with E-state index in [-0.39, 0.29) is 5.97 Å². The van der Waals surface area contributed by atoms with Crippen molar-refractivity contribution < 1.29 is 9.53 Å². The molecule has 1 atom stereocenters. The minimum atomic E-state index is -0.457. The Bertz CT molecular complexity index is 814. The van der Waals surface area contributed by atoms with E-state index in [9.17, 15) is 4.79 Å². The minimum absolute atomic E-state index is 0.0670. The number of aryl methyl sites for hydroxylation is 1. The Morgan fingerprint density at radius 1 is 1.24 bits per heavy atom. The van der Waals surface area contributed by atoms with E-state index < -0.39 is 5.41 Å². The molecule has 1 saturated heterocycles. The van der Waals surface area contributed by atoms with E-state index in [0.717, 1.165) is 43.6 Å². The van der Waals surface area contributed by atoms with Gasteiger partial charge in [-0.1, -0.05) is 23.7 Å². The average Bonchev–Trinajstić information content (AvgIpc) is 2.70. The van der Waals surface area contributed by atoms with Gasteiger partial charge in [0.1, 0.15) is 0 Å². The first-order chi connectivity index (χ1) is 13.9. The fraction of sp³-hybridized carbons (Fsp3) is 0.500. The monoisotopic (exact) mass is 414 g/mol. The van der Waals surface area contributed by atoms with Crippen LogP contribution in [-0.4, -0.2) is 41.6 Å². The molecule has 0 N–H and O–H groups in total. The van der Waals surface area contributed by atoms with Crippen molar-refractivity contribution in [1.29, 1.82) is 0 Å². The molecule has 0 bridgehead atoms. The second-order valence-electron chi connectivity index (χ2n) is 8.22. The van der Waals surface area contributed by atoms with Crippen molar-refractivity contribution in [1.82, 2.24) is 9.88 Å². The first-order valence-electron chi connectivity index (χ1n) is 10.5. The lowest BCUT2D eigenvalue weighted by Gasteiger charge is -2.42. The molecule has 1 aromatic heterocycles. The van der Waals surface area contributed by atoms with Crippen molar-refractivity contribution >= 4 is 17.6 Å². The second kappa shape index (κ2) is 9.73. The lowest BCUT2D eigenvalue weighted by Crippen LogP contribution is -2.49. The van der Waals surface area contributed by atoms with Gasteiger partial charge in [-0.25, -0.2) is 0 Å². The Kier molecular flexibility index (Phi) is 7.31. The van der Waals surface area contributed by atoms with Crippen LogP contribution < -0.4 is 0 Å². The summed E-state index contributed by atoms with van der Waals surface area (Å²) < 4.78 is 5.49. The maximum Gasteiger partial charge on any atom is 0.312 e. The molecule has 3 rings (SSSR count). The van der Waals surface area contributed by atoms with Crippen molar-refractivity contribution in [2.24, 2.45) is 5.41 Å². The molecular formula is C24H31ClN2O2. The SMILES string of the molecule is CCOC(=O)C1(Cc2ccc(Cl)cc2)CCN(C(C)Cc2cc(C)ccn2)CC1. The van der Waals surface area contributed by atoms with Crippen LogP contribution in [0.5, 0.6) is 0 Å². The maximum absolute atomic E-state index is 12.9. The van der Waals surface area contributed by atoms with Gasteiger partial charge in [0.2, 0.25) is 0 Å². The van der Waals surface area contributed by atoms with Crippen molar-refractivity contribution in [2.45, 2.75) is 52.5 Å². The molecule has 0 spiro atoms. The summed E-state index contributed by atoms with van der Waals surface area (Å²) in [5, 5.41) is 0.715. The van der Waals surface area contributed by atoms with Crippen molar-refractivity contribution in [3.05, 3.63) is 64.4 Å². The van der Waals surface area contributed by atoms with Gasteiger partial charge in [0.25, 0.3) is 0 Å².